The molecule has 4 heterocycles. The van der Waals surface area contributed by atoms with Gasteiger partial charge in [-0.25, -0.2) is 15.0 Å². The third-order valence-corrected chi connectivity index (χ3v) is 5.96. The van der Waals surface area contributed by atoms with Crippen molar-refractivity contribution < 1.29 is 4.79 Å². The van der Waals surface area contributed by atoms with E-state index in [1.807, 2.05) is 23.2 Å². The lowest BCUT2D eigenvalue weighted by Crippen LogP contribution is -2.48. The fraction of sp³-hybridized carbons (Fsp3) is 0.400. The maximum absolute atomic E-state index is 13.0. The van der Waals surface area contributed by atoms with Gasteiger partial charge in [-0.1, -0.05) is 0 Å². The van der Waals surface area contributed by atoms with Crippen LogP contribution in [-0.2, 0) is 23.1 Å². The van der Waals surface area contributed by atoms with Crippen LogP contribution in [0.5, 0.6) is 0 Å². The smallest absolute Gasteiger partial charge is 0.230 e. The quantitative estimate of drug-likeness (QED) is 0.690. The van der Waals surface area contributed by atoms with Gasteiger partial charge >= 0.3 is 0 Å². The molecule has 1 amide bonds. The number of nitrogen functional groups attached to an aromatic ring is 1. The number of rotatable bonds is 3. The van der Waals surface area contributed by atoms with E-state index < -0.39 is 0 Å². The van der Waals surface area contributed by atoms with Crippen molar-refractivity contribution in [3.63, 3.8) is 0 Å². The van der Waals surface area contributed by atoms with Gasteiger partial charge in [0.1, 0.15) is 5.82 Å². The number of H-pyrrole nitrogens is 1. The van der Waals surface area contributed by atoms with E-state index in [1.54, 1.807) is 12.4 Å². The van der Waals surface area contributed by atoms with Crippen LogP contribution in [0, 0.1) is 0 Å². The topological polar surface area (TPSA) is 127 Å². The Morgan fingerprint density at radius 2 is 2.21 bits per heavy atom. The number of aromatic amines is 1. The van der Waals surface area contributed by atoms with E-state index in [9.17, 15) is 4.79 Å². The molecule has 9 heteroatoms. The van der Waals surface area contributed by atoms with Crippen molar-refractivity contribution >= 4 is 11.9 Å². The molecular formula is C20H22N8O. The van der Waals surface area contributed by atoms with Crippen LogP contribution in [0.3, 0.4) is 0 Å². The fourth-order valence-electron chi connectivity index (χ4n) is 4.55. The molecule has 1 spiro atoms. The van der Waals surface area contributed by atoms with Gasteiger partial charge in [0.25, 0.3) is 0 Å². The Morgan fingerprint density at radius 3 is 3.07 bits per heavy atom. The van der Waals surface area contributed by atoms with Crippen molar-refractivity contribution in [3.05, 3.63) is 47.8 Å². The molecule has 5 rings (SSSR count). The normalized spacial score (nSPS) is 20.8. The molecule has 3 aromatic heterocycles. The third-order valence-electron chi connectivity index (χ3n) is 5.96. The number of aryl methyl sites for hydroxylation is 1. The number of carbonyl (C=O) groups is 1. The van der Waals surface area contributed by atoms with Gasteiger partial charge in [-0.15, -0.1) is 0 Å². The van der Waals surface area contributed by atoms with Gasteiger partial charge in [0.05, 0.1) is 12.1 Å². The van der Waals surface area contributed by atoms with E-state index in [0.29, 0.717) is 24.1 Å². The molecule has 1 fully saturated rings. The van der Waals surface area contributed by atoms with Crippen LogP contribution < -0.4 is 5.73 Å². The largest absolute Gasteiger partial charge is 0.368 e. The second kappa shape index (κ2) is 6.91. The van der Waals surface area contributed by atoms with Crippen molar-refractivity contribution in [1.29, 1.82) is 0 Å². The number of fused-ring (bicyclic) bond motifs is 2. The standard InChI is InChI=1S/C20H22N8O/c21-19-23-11-13-4-6-20(17(13)25-19)5-2-8-28(12-20)16(29)9-15-24-18(27-26-15)14-3-1-7-22-10-14/h1,3,7,10-11H,2,4-6,8-9,12H2,(H2,21,23,25)(H,24,26,27). The summed E-state index contributed by atoms with van der Waals surface area (Å²) < 4.78 is 0. The number of hydrogen-bond donors (Lipinski definition) is 2. The molecule has 1 aliphatic carbocycles. The number of amides is 1. The molecule has 0 bridgehead atoms. The second-order valence-electron chi connectivity index (χ2n) is 7.83. The fourth-order valence-corrected chi connectivity index (χ4v) is 4.55. The Bertz CT molecular complexity index is 1050. The minimum Gasteiger partial charge on any atom is -0.368 e. The van der Waals surface area contributed by atoms with Crippen molar-refractivity contribution in [1.82, 2.24) is 35.0 Å². The highest BCUT2D eigenvalue weighted by molar-refractivity contribution is 5.78. The van der Waals surface area contributed by atoms with Crippen LogP contribution in [0.4, 0.5) is 5.95 Å². The number of nitrogens with two attached hydrogens (primary N) is 1. The minimum absolute atomic E-state index is 0.0495. The maximum atomic E-state index is 13.0. The summed E-state index contributed by atoms with van der Waals surface area (Å²) >= 11 is 0. The van der Waals surface area contributed by atoms with Gasteiger partial charge in [-0.2, -0.15) is 5.10 Å². The number of nitrogens with zero attached hydrogens (tertiary/aromatic N) is 6. The first-order valence-electron chi connectivity index (χ1n) is 9.84. The van der Waals surface area contributed by atoms with Gasteiger partial charge < -0.3 is 10.6 Å². The summed E-state index contributed by atoms with van der Waals surface area (Å²) in [7, 11) is 0. The van der Waals surface area contributed by atoms with Gasteiger partial charge in [0.15, 0.2) is 5.82 Å². The molecule has 3 N–H and O–H groups in total. The van der Waals surface area contributed by atoms with Crippen molar-refractivity contribution in [3.8, 4) is 11.4 Å². The van der Waals surface area contributed by atoms with E-state index in [1.165, 1.54) is 0 Å². The van der Waals surface area contributed by atoms with Crippen LogP contribution in [0.25, 0.3) is 11.4 Å². The first kappa shape index (κ1) is 17.7. The summed E-state index contributed by atoms with van der Waals surface area (Å²) in [5.41, 5.74) is 8.74. The molecule has 0 aromatic carbocycles. The van der Waals surface area contributed by atoms with Crippen LogP contribution in [0.15, 0.2) is 30.7 Å². The number of hydrogen-bond acceptors (Lipinski definition) is 7. The summed E-state index contributed by atoms with van der Waals surface area (Å²) in [5, 5.41) is 7.10. The predicted molar refractivity (Wildman–Crippen MR) is 106 cm³/mol. The molecule has 148 valence electrons. The van der Waals surface area contributed by atoms with E-state index in [0.717, 1.165) is 49.0 Å². The molecular weight excluding hydrogens is 368 g/mol. The monoisotopic (exact) mass is 390 g/mol. The van der Waals surface area contributed by atoms with E-state index in [-0.39, 0.29) is 17.7 Å². The number of pyridine rings is 1. The first-order chi connectivity index (χ1) is 14.1. The summed E-state index contributed by atoms with van der Waals surface area (Å²) in [6.07, 6.45) is 9.33. The lowest BCUT2D eigenvalue weighted by molar-refractivity contribution is -0.132. The van der Waals surface area contributed by atoms with Crippen LogP contribution >= 0.6 is 0 Å². The average molecular weight is 390 g/mol. The van der Waals surface area contributed by atoms with Crippen molar-refractivity contribution in [2.24, 2.45) is 0 Å². The zero-order valence-electron chi connectivity index (χ0n) is 16.0. The van der Waals surface area contributed by atoms with Crippen LogP contribution in [-0.4, -0.2) is 54.0 Å². The van der Waals surface area contributed by atoms with Gasteiger partial charge in [-0.05, 0) is 43.4 Å². The number of anilines is 1. The van der Waals surface area contributed by atoms with Gasteiger partial charge in [0, 0.05) is 42.7 Å². The molecule has 0 saturated carbocycles. The Balaban J connectivity index is 1.32. The molecule has 2 aliphatic rings. The first-order valence-corrected chi connectivity index (χ1v) is 9.84. The van der Waals surface area contributed by atoms with Crippen molar-refractivity contribution in [2.45, 2.75) is 37.5 Å². The molecule has 29 heavy (non-hydrogen) atoms. The summed E-state index contributed by atoms with van der Waals surface area (Å²) in [6.45, 7) is 1.42. The molecule has 1 atom stereocenters. The molecule has 0 radical (unpaired) electrons. The number of carbonyl (C=O) groups excluding carboxylic acids is 1. The number of likely N-dealkylation sites (tertiary alicyclic amines) is 1. The number of aromatic nitrogens is 6. The molecule has 3 aromatic rings. The summed E-state index contributed by atoms with van der Waals surface area (Å²) in [6, 6.07) is 3.72. The Labute approximate surface area is 167 Å². The second-order valence-corrected chi connectivity index (χ2v) is 7.83. The summed E-state index contributed by atoms with van der Waals surface area (Å²) in [4.78, 5) is 32.1. The van der Waals surface area contributed by atoms with E-state index >= 15 is 0 Å². The number of piperidine rings is 1. The molecule has 1 saturated heterocycles. The minimum atomic E-state index is -0.109. The summed E-state index contributed by atoms with van der Waals surface area (Å²) in [5.74, 6) is 1.46. The lowest BCUT2D eigenvalue weighted by atomic mass is 9.77. The van der Waals surface area contributed by atoms with Crippen LogP contribution in [0.1, 0.15) is 36.3 Å². The maximum Gasteiger partial charge on any atom is 0.230 e. The average Bonchev–Trinajstić information content (AvgIpc) is 3.34. The number of nitrogens with one attached hydrogen (secondary N) is 1. The molecule has 9 nitrogen and oxygen atoms in total. The zero-order chi connectivity index (χ0) is 19.8. The zero-order valence-corrected chi connectivity index (χ0v) is 16.0. The predicted octanol–water partition coefficient (Wildman–Crippen LogP) is 1.29. The lowest BCUT2D eigenvalue weighted by Gasteiger charge is -2.40. The Hall–Kier alpha value is -3.36. The highest BCUT2D eigenvalue weighted by atomic mass is 16.2. The van der Waals surface area contributed by atoms with Gasteiger partial charge in [-0.3, -0.25) is 14.9 Å². The van der Waals surface area contributed by atoms with Crippen LogP contribution in [0.2, 0.25) is 0 Å². The Morgan fingerprint density at radius 1 is 1.28 bits per heavy atom. The SMILES string of the molecule is Nc1ncc2c(n1)C1(CCCN(C(=O)Cc3nc(-c4cccnc4)n[nH]3)C1)CC2. The highest BCUT2D eigenvalue weighted by Gasteiger charge is 2.44. The Kier molecular flexibility index (Phi) is 4.22. The van der Waals surface area contributed by atoms with Crippen molar-refractivity contribution in [2.75, 3.05) is 18.8 Å². The van der Waals surface area contributed by atoms with Gasteiger partial charge in [0.2, 0.25) is 11.9 Å². The third kappa shape index (κ3) is 3.22. The molecule has 1 aliphatic heterocycles. The van der Waals surface area contributed by atoms with E-state index in [4.69, 9.17) is 5.73 Å². The van der Waals surface area contributed by atoms with E-state index in [2.05, 4.69) is 30.1 Å². The highest BCUT2D eigenvalue weighted by Crippen LogP contribution is 2.44. The molecule has 1 unspecified atom stereocenters.